The predicted molar refractivity (Wildman–Crippen MR) is 88.5 cm³/mol. The van der Waals surface area contributed by atoms with E-state index in [1.165, 1.54) is 5.56 Å². The molecular weight excluding hydrogens is 262 g/mol. The maximum Gasteiger partial charge on any atom is 0.0897 e. The van der Waals surface area contributed by atoms with Gasteiger partial charge in [-0.25, -0.2) is 0 Å². The largest absolute Gasteiger partial charge is 0.389 e. The molecule has 3 nitrogen and oxygen atoms in total. The van der Waals surface area contributed by atoms with Crippen LogP contribution < -0.4 is 5.32 Å². The van der Waals surface area contributed by atoms with Crippen LogP contribution in [0.3, 0.4) is 0 Å². The Bertz CT molecular complexity index is 367. The Labute approximate surface area is 129 Å². The maximum absolute atomic E-state index is 9.96. The van der Waals surface area contributed by atoms with E-state index < -0.39 is 6.10 Å². The third-order valence-corrected chi connectivity index (χ3v) is 3.46. The molecule has 3 unspecified atom stereocenters. The summed E-state index contributed by atoms with van der Waals surface area (Å²) < 4.78 is 5.68. The van der Waals surface area contributed by atoms with E-state index in [0.29, 0.717) is 25.1 Å². The van der Waals surface area contributed by atoms with Gasteiger partial charge in [0.1, 0.15) is 0 Å². The van der Waals surface area contributed by atoms with Gasteiger partial charge < -0.3 is 15.2 Å². The number of aliphatic hydroxyl groups is 1. The van der Waals surface area contributed by atoms with Gasteiger partial charge in [-0.15, -0.1) is 0 Å². The Balaban J connectivity index is 2.16. The minimum Gasteiger partial charge on any atom is -0.389 e. The summed E-state index contributed by atoms with van der Waals surface area (Å²) in [5.41, 5.74) is 1.31. The maximum atomic E-state index is 9.96. The molecule has 3 atom stereocenters. The highest BCUT2D eigenvalue weighted by Crippen LogP contribution is 2.08. The van der Waals surface area contributed by atoms with E-state index in [1.54, 1.807) is 0 Å². The number of hydrogen-bond acceptors (Lipinski definition) is 3. The summed E-state index contributed by atoms with van der Waals surface area (Å²) in [5.74, 6) is 0.626. The molecule has 1 aromatic carbocycles. The molecule has 1 aromatic rings. The SMILES string of the molecule is CC(C)CC(C)OCC(O)CNC(C)Cc1ccccc1. The first kappa shape index (κ1) is 18.1. The summed E-state index contributed by atoms with van der Waals surface area (Å²) in [6.07, 6.45) is 1.77. The molecule has 0 amide bonds. The lowest BCUT2D eigenvalue weighted by Crippen LogP contribution is -2.37. The average molecular weight is 293 g/mol. The molecule has 0 spiro atoms. The third-order valence-electron chi connectivity index (χ3n) is 3.46. The molecule has 0 bridgehead atoms. The van der Waals surface area contributed by atoms with E-state index in [0.717, 1.165) is 12.8 Å². The van der Waals surface area contributed by atoms with Gasteiger partial charge in [0, 0.05) is 12.6 Å². The predicted octanol–water partition coefficient (Wildman–Crippen LogP) is 3.02. The number of aliphatic hydroxyl groups excluding tert-OH is 1. The van der Waals surface area contributed by atoms with E-state index in [-0.39, 0.29) is 6.10 Å². The molecule has 2 N–H and O–H groups in total. The summed E-state index contributed by atoms with van der Waals surface area (Å²) in [6.45, 7) is 9.55. The van der Waals surface area contributed by atoms with Gasteiger partial charge >= 0.3 is 0 Å². The van der Waals surface area contributed by atoms with Gasteiger partial charge in [-0.2, -0.15) is 0 Å². The van der Waals surface area contributed by atoms with Gasteiger partial charge in [-0.3, -0.25) is 0 Å². The van der Waals surface area contributed by atoms with Gasteiger partial charge in [0.15, 0.2) is 0 Å². The normalized spacial score (nSPS) is 15.9. The molecule has 0 heterocycles. The summed E-state index contributed by atoms with van der Waals surface area (Å²) in [4.78, 5) is 0. The fourth-order valence-corrected chi connectivity index (χ4v) is 2.44. The molecule has 0 radical (unpaired) electrons. The van der Waals surface area contributed by atoms with Crippen LogP contribution in [0.1, 0.15) is 39.7 Å². The van der Waals surface area contributed by atoms with E-state index in [4.69, 9.17) is 4.74 Å². The molecule has 0 saturated carbocycles. The molecule has 0 saturated heterocycles. The van der Waals surface area contributed by atoms with Crippen LogP contribution in [-0.2, 0) is 11.2 Å². The Hall–Kier alpha value is -0.900. The van der Waals surface area contributed by atoms with Crippen molar-refractivity contribution in [2.24, 2.45) is 5.92 Å². The lowest BCUT2D eigenvalue weighted by molar-refractivity contribution is -0.00911. The van der Waals surface area contributed by atoms with Crippen molar-refractivity contribution >= 4 is 0 Å². The minimum absolute atomic E-state index is 0.210. The zero-order valence-electron chi connectivity index (χ0n) is 13.9. The summed E-state index contributed by atoms with van der Waals surface area (Å²) >= 11 is 0. The van der Waals surface area contributed by atoms with Gasteiger partial charge in [-0.05, 0) is 38.2 Å². The zero-order valence-corrected chi connectivity index (χ0v) is 13.9. The first-order valence-electron chi connectivity index (χ1n) is 8.04. The van der Waals surface area contributed by atoms with Crippen LogP contribution in [0.5, 0.6) is 0 Å². The zero-order chi connectivity index (χ0) is 15.7. The van der Waals surface area contributed by atoms with Gasteiger partial charge in [0.2, 0.25) is 0 Å². The van der Waals surface area contributed by atoms with Crippen molar-refractivity contribution in [3.8, 4) is 0 Å². The monoisotopic (exact) mass is 293 g/mol. The standard InChI is InChI=1S/C18H31NO2/c1-14(2)10-16(4)21-13-18(20)12-19-15(3)11-17-8-6-5-7-9-17/h5-9,14-16,18-20H,10-13H2,1-4H3. The minimum atomic E-state index is -0.446. The Morgan fingerprint density at radius 3 is 2.38 bits per heavy atom. The van der Waals surface area contributed by atoms with Crippen LogP contribution in [0.25, 0.3) is 0 Å². The van der Waals surface area contributed by atoms with Crippen LogP contribution in [-0.4, -0.2) is 36.5 Å². The highest BCUT2D eigenvalue weighted by Gasteiger charge is 2.11. The number of nitrogens with one attached hydrogen (secondary N) is 1. The molecule has 21 heavy (non-hydrogen) atoms. The number of hydrogen-bond donors (Lipinski definition) is 2. The summed E-state index contributed by atoms with van der Waals surface area (Å²) in [5, 5.41) is 13.3. The van der Waals surface area contributed by atoms with Crippen LogP contribution in [0.15, 0.2) is 30.3 Å². The lowest BCUT2D eigenvalue weighted by atomic mass is 10.1. The lowest BCUT2D eigenvalue weighted by Gasteiger charge is -2.20. The van der Waals surface area contributed by atoms with Crippen LogP contribution >= 0.6 is 0 Å². The van der Waals surface area contributed by atoms with Crippen molar-refractivity contribution in [2.45, 2.75) is 58.8 Å². The summed E-state index contributed by atoms with van der Waals surface area (Å²) in [7, 11) is 0. The molecule has 0 aliphatic rings. The van der Waals surface area contributed by atoms with Crippen molar-refractivity contribution in [2.75, 3.05) is 13.2 Å². The Morgan fingerprint density at radius 2 is 1.76 bits per heavy atom. The quantitative estimate of drug-likeness (QED) is 0.697. The van der Waals surface area contributed by atoms with Gasteiger partial charge in [0.25, 0.3) is 0 Å². The topological polar surface area (TPSA) is 41.5 Å². The average Bonchev–Trinajstić information content (AvgIpc) is 2.43. The molecule has 120 valence electrons. The highest BCUT2D eigenvalue weighted by molar-refractivity contribution is 5.15. The second kappa shape index (κ2) is 9.93. The Kier molecular flexibility index (Phi) is 8.58. The van der Waals surface area contributed by atoms with Crippen molar-refractivity contribution in [1.82, 2.24) is 5.32 Å². The van der Waals surface area contributed by atoms with Crippen molar-refractivity contribution < 1.29 is 9.84 Å². The van der Waals surface area contributed by atoms with Crippen LogP contribution in [0.4, 0.5) is 0 Å². The molecule has 0 aliphatic carbocycles. The van der Waals surface area contributed by atoms with E-state index >= 15 is 0 Å². The molecule has 0 aliphatic heterocycles. The van der Waals surface area contributed by atoms with Crippen molar-refractivity contribution in [3.05, 3.63) is 35.9 Å². The molecule has 0 fully saturated rings. The van der Waals surface area contributed by atoms with E-state index in [9.17, 15) is 5.11 Å². The number of benzene rings is 1. The fourth-order valence-electron chi connectivity index (χ4n) is 2.44. The van der Waals surface area contributed by atoms with Crippen LogP contribution in [0.2, 0.25) is 0 Å². The third kappa shape index (κ3) is 8.86. The van der Waals surface area contributed by atoms with Crippen LogP contribution in [0, 0.1) is 5.92 Å². The van der Waals surface area contributed by atoms with E-state index in [1.807, 2.05) is 6.07 Å². The molecule has 0 aromatic heterocycles. The van der Waals surface area contributed by atoms with Crippen molar-refractivity contribution in [3.63, 3.8) is 0 Å². The second-order valence-corrected chi connectivity index (χ2v) is 6.43. The number of rotatable bonds is 10. The molecule has 3 heteroatoms. The fraction of sp³-hybridized carbons (Fsp3) is 0.667. The van der Waals surface area contributed by atoms with Gasteiger partial charge in [0.05, 0.1) is 18.8 Å². The van der Waals surface area contributed by atoms with Gasteiger partial charge in [-0.1, -0.05) is 44.2 Å². The first-order chi connectivity index (χ1) is 9.97. The Morgan fingerprint density at radius 1 is 1.10 bits per heavy atom. The highest BCUT2D eigenvalue weighted by atomic mass is 16.5. The number of ether oxygens (including phenoxy) is 1. The first-order valence-corrected chi connectivity index (χ1v) is 8.04. The smallest absolute Gasteiger partial charge is 0.0897 e. The molecular formula is C18H31NO2. The van der Waals surface area contributed by atoms with E-state index in [2.05, 4.69) is 57.3 Å². The summed E-state index contributed by atoms with van der Waals surface area (Å²) in [6, 6.07) is 10.7. The molecule has 1 rings (SSSR count). The second-order valence-electron chi connectivity index (χ2n) is 6.43. The van der Waals surface area contributed by atoms with Crippen molar-refractivity contribution in [1.29, 1.82) is 0 Å².